The van der Waals surface area contributed by atoms with Crippen LogP contribution in [0.4, 0.5) is 4.79 Å². The van der Waals surface area contributed by atoms with Crippen molar-refractivity contribution in [3.05, 3.63) is 72.3 Å². The molecule has 1 atom stereocenters. The van der Waals surface area contributed by atoms with Gasteiger partial charge in [0.05, 0.1) is 0 Å². The normalized spacial score (nSPS) is 13.2. The molecule has 0 saturated carbocycles. The van der Waals surface area contributed by atoms with E-state index in [4.69, 9.17) is 4.74 Å². The summed E-state index contributed by atoms with van der Waals surface area (Å²) in [5.41, 5.74) is 4.58. The second kappa shape index (κ2) is 10.1. The number of carboxylic acids is 1. The summed E-state index contributed by atoms with van der Waals surface area (Å²) in [6.07, 6.45) is 5.21. The van der Waals surface area contributed by atoms with Crippen molar-refractivity contribution in [2.45, 2.75) is 44.1 Å². The Morgan fingerprint density at radius 1 is 1.07 bits per heavy atom. The molecule has 1 amide bonds. The van der Waals surface area contributed by atoms with Gasteiger partial charge in [0.15, 0.2) is 0 Å². The van der Waals surface area contributed by atoms with Crippen LogP contribution in [0.5, 0.6) is 0 Å². The molecule has 5 nitrogen and oxygen atoms in total. The summed E-state index contributed by atoms with van der Waals surface area (Å²) in [6.45, 7) is 3.87. The Labute approximate surface area is 178 Å². The number of carbonyl (C=O) groups is 2. The van der Waals surface area contributed by atoms with Gasteiger partial charge in [-0.05, 0) is 41.5 Å². The van der Waals surface area contributed by atoms with Gasteiger partial charge < -0.3 is 9.84 Å². The van der Waals surface area contributed by atoms with Crippen LogP contribution in [0.15, 0.2) is 61.2 Å². The molecule has 0 radical (unpaired) electrons. The largest absolute Gasteiger partial charge is 0.480 e. The molecule has 1 N–H and O–H groups in total. The predicted molar refractivity (Wildman–Crippen MR) is 118 cm³/mol. The third-order valence-corrected chi connectivity index (χ3v) is 5.76. The number of aliphatic carboxylic acids is 1. The summed E-state index contributed by atoms with van der Waals surface area (Å²) in [4.78, 5) is 25.5. The van der Waals surface area contributed by atoms with Gasteiger partial charge in [0, 0.05) is 13.0 Å². The lowest BCUT2D eigenvalue weighted by molar-refractivity contribution is -0.142. The average Bonchev–Trinajstić information content (AvgIpc) is 3.07. The Morgan fingerprint density at radius 3 is 2.23 bits per heavy atom. The quantitative estimate of drug-likeness (QED) is 0.420. The fourth-order valence-corrected chi connectivity index (χ4v) is 4.11. The number of rotatable bonds is 10. The number of hydrogen-bond acceptors (Lipinski definition) is 3. The first-order valence-electron chi connectivity index (χ1n) is 10.5. The number of ether oxygens (including phenoxy) is 1. The van der Waals surface area contributed by atoms with E-state index in [1.54, 1.807) is 0 Å². The zero-order chi connectivity index (χ0) is 21.5. The molecule has 5 heteroatoms. The Kier molecular flexibility index (Phi) is 7.28. The average molecular weight is 408 g/mol. The van der Waals surface area contributed by atoms with Crippen LogP contribution >= 0.6 is 0 Å². The number of nitrogens with zero attached hydrogens (tertiary/aromatic N) is 1. The molecule has 3 rings (SSSR count). The molecule has 0 saturated heterocycles. The van der Waals surface area contributed by atoms with Crippen molar-refractivity contribution < 1.29 is 19.4 Å². The van der Waals surface area contributed by atoms with Crippen LogP contribution < -0.4 is 0 Å². The molecular weight excluding hydrogens is 378 g/mol. The fourth-order valence-electron chi connectivity index (χ4n) is 4.11. The smallest absolute Gasteiger partial charge is 0.410 e. The standard InChI is InChI=1S/C25H29NO4/c1-3-4-5-6-7-16-23(24(27)28)26(2)25(29)30-17-22-20-14-10-8-12-18(20)19-13-9-11-15-21(19)22/h3,8-15,22-23H,1,4-7,16-17H2,2H3,(H,27,28). The van der Waals surface area contributed by atoms with Crippen molar-refractivity contribution in [3.63, 3.8) is 0 Å². The number of unbranched alkanes of at least 4 members (excludes halogenated alkanes) is 3. The molecule has 30 heavy (non-hydrogen) atoms. The van der Waals surface area contributed by atoms with Crippen LogP contribution in [0.3, 0.4) is 0 Å². The third-order valence-electron chi connectivity index (χ3n) is 5.76. The second-order valence-electron chi connectivity index (χ2n) is 7.70. The molecule has 0 spiro atoms. The highest BCUT2D eigenvalue weighted by atomic mass is 16.6. The summed E-state index contributed by atoms with van der Waals surface area (Å²) in [6, 6.07) is 15.4. The van der Waals surface area contributed by atoms with Gasteiger partial charge in [-0.1, -0.05) is 67.4 Å². The highest BCUT2D eigenvalue weighted by Gasteiger charge is 2.31. The zero-order valence-corrected chi connectivity index (χ0v) is 17.4. The minimum absolute atomic E-state index is 0.0445. The van der Waals surface area contributed by atoms with Crippen molar-refractivity contribution in [3.8, 4) is 11.1 Å². The van der Waals surface area contributed by atoms with Gasteiger partial charge in [0.1, 0.15) is 12.6 Å². The van der Waals surface area contributed by atoms with Gasteiger partial charge in [0.2, 0.25) is 0 Å². The van der Waals surface area contributed by atoms with Crippen molar-refractivity contribution in [2.24, 2.45) is 0 Å². The molecule has 2 aromatic carbocycles. The van der Waals surface area contributed by atoms with E-state index >= 15 is 0 Å². The van der Waals surface area contributed by atoms with Crippen molar-refractivity contribution >= 4 is 12.1 Å². The number of benzene rings is 2. The van der Waals surface area contributed by atoms with E-state index in [0.29, 0.717) is 6.42 Å². The van der Waals surface area contributed by atoms with Crippen LogP contribution in [-0.2, 0) is 9.53 Å². The number of hydrogen-bond donors (Lipinski definition) is 1. The monoisotopic (exact) mass is 407 g/mol. The molecule has 1 aliphatic carbocycles. The van der Waals surface area contributed by atoms with E-state index in [1.165, 1.54) is 11.9 Å². The van der Waals surface area contributed by atoms with Crippen LogP contribution in [-0.4, -0.2) is 41.8 Å². The Bertz CT molecular complexity index is 862. The topological polar surface area (TPSA) is 66.8 Å². The third kappa shape index (κ3) is 4.73. The number of fused-ring (bicyclic) bond motifs is 3. The molecule has 0 aromatic heterocycles. The van der Waals surface area contributed by atoms with Gasteiger partial charge in [0.25, 0.3) is 0 Å². The van der Waals surface area contributed by atoms with E-state index < -0.39 is 18.1 Å². The first-order valence-corrected chi connectivity index (χ1v) is 10.5. The SMILES string of the molecule is C=CCCCCCC(C(=O)O)N(C)C(=O)OCC1c2ccccc2-c2ccccc21. The Morgan fingerprint density at radius 2 is 1.67 bits per heavy atom. The second-order valence-corrected chi connectivity index (χ2v) is 7.70. The number of carbonyl (C=O) groups excluding carboxylic acids is 1. The highest BCUT2D eigenvalue weighted by Crippen LogP contribution is 2.44. The number of allylic oxidation sites excluding steroid dienone is 1. The molecule has 158 valence electrons. The highest BCUT2D eigenvalue weighted by molar-refractivity contribution is 5.81. The van der Waals surface area contributed by atoms with Crippen molar-refractivity contribution in [1.82, 2.24) is 4.90 Å². The van der Waals surface area contributed by atoms with Crippen LogP contribution in [0.1, 0.15) is 49.1 Å². The zero-order valence-electron chi connectivity index (χ0n) is 17.4. The molecule has 0 heterocycles. The molecule has 0 fully saturated rings. The van der Waals surface area contributed by atoms with Crippen LogP contribution in [0.25, 0.3) is 11.1 Å². The minimum Gasteiger partial charge on any atom is -0.480 e. The molecule has 0 aliphatic heterocycles. The van der Waals surface area contributed by atoms with Crippen molar-refractivity contribution in [1.29, 1.82) is 0 Å². The van der Waals surface area contributed by atoms with Crippen molar-refractivity contribution in [2.75, 3.05) is 13.7 Å². The summed E-state index contributed by atoms with van der Waals surface area (Å²) in [5, 5.41) is 9.57. The van der Waals surface area contributed by atoms with E-state index in [0.717, 1.165) is 47.9 Å². The lowest BCUT2D eigenvalue weighted by atomic mass is 9.98. The molecule has 1 unspecified atom stereocenters. The summed E-state index contributed by atoms with van der Waals surface area (Å²) >= 11 is 0. The van der Waals surface area contributed by atoms with Crippen LogP contribution in [0.2, 0.25) is 0 Å². The molecule has 2 aromatic rings. The van der Waals surface area contributed by atoms with Gasteiger partial charge in [-0.2, -0.15) is 0 Å². The molecular formula is C25H29NO4. The maximum Gasteiger partial charge on any atom is 0.410 e. The molecule has 1 aliphatic rings. The Balaban J connectivity index is 1.63. The first-order chi connectivity index (χ1) is 14.5. The van der Waals surface area contributed by atoms with E-state index in [2.05, 4.69) is 30.8 Å². The predicted octanol–water partition coefficient (Wildman–Crippen LogP) is 5.46. The maximum absolute atomic E-state index is 12.6. The fraction of sp³-hybridized carbons (Fsp3) is 0.360. The van der Waals surface area contributed by atoms with E-state index in [1.807, 2.05) is 30.3 Å². The summed E-state index contributed by atoms with van der Waals surface area (Å²) in [5.74, 6) is -1.05. The minimum atomic E-state index is -1.00. The van der Waals surface area contributed by atoms with Gasteiger partial charge >= 0.3 is 12.1 Å². The van der Waals surface area contributed by atoms with Gasteiger partial charge in [-0.15, -0.1) is 6.58 Å². The number of amides is 1. The first kappa shape index (κ1) is 21.6. The lowest BCUT2D eigenvalue weighted by Gasteiger charge is -2.25. The number of carboxylic acid groups (broad SMARTS) is 1. The summed E-state index contributed by atoms with van der Waals surface area (Å²) in [7, 11) is 1.50. The van der Waals surface area contributed by atoms with Gasteiger partial charge in [-0.3, -0.25) is 4.90 Å². The van der Waals surface area contributed by atoms with E-state index in [-0.39, 0.29) is 12.5 Å². The maximum atomic E-state index is 12.6. The molecule has 0 bridgehead atoms. The van der Waals surface area contributed by atoms with E-state index in [9.17, 15) is 14.7 Å². The lowest BCUT2D eigenvalue weighted by Crippen LogP contribution is -2.43. The van der Waals surface area contributed by atoms with Crippen LogP contribution in [0, 0.1) is 0 Å². The number of likely N-dealkylation sites (N-methyl/N-ethyl adjacent to an activating group) is 1. The summed E-state index contributed by atoms with van der Waals surface area (Å²) < 4.78 is 5.59. The Hall–Kier alpha value is -3.08. The van der Waals surface area contributed by atoms with Gasteiger partial charge in [-0.25, -0.2) is 9.59 Å².